The quantitative estimate of drug-likeness (QED) is 0.533. The van der Waals surface area contributed by atoms with Crippen molar-refractivity contribution < 1.29 is 14.7 Å². The van der Waals surface area contributed by atoms with E-state index in [1.54, 1.807) is 0 Å². The summed E-state index contributed by atoms with van der Waals surface area (Å²) in [6.45, 7) is 1.66. The van der Waals surface area contributed by atoms with E-state index in [2.05, 4.69) is 20.9 Å². The normalized spacial score (nSPS) is 10.1. The summed E-state index contributed by atoms with van der Waals surface area (Å²) in [6, 6.07) is -0.279. The number of carbonyl (C=O) groups is 2. The van der Waals surface area contributed by atoms with Gasteiger partial charge >= 0.3 is 12.0 Å². The number of amides is 2. The van der Waals surface area contributed by atoms with Crippen LogP contribution >= 0.6 is 11.3 Å². The molecular formula is C10H16N4O3S. The second-order valence-electron chi connectivity index (χ2n) is 3.50. The maximum atomic E-state index is 11.3. The summed E-state index contributed by atoms with van der Waals surface area (Å²) in [5, 5.41) is 19.0. The van der Waals surface area contributed by atoms with E-state index in [-0.39, 0.29) is 18.3 Å². The van der Waals surface area contributed by atoms with E-state index in [1.807, 2.05) is 7.05 Å². The number of carboxylic acid groups (broad SMARTS) is 1. The number of nitrogens with zero attached hydrogens (tertiary/aromatic N) is 1. The van der Waals surface area contributed by atoms with Crippen molar-refractivity contribution in [3.63, 3.8) is 0 Å². The van der Waals surface area contributed by atoms with Gasteiger partial charge in [0.25, 0.3) is 0 Å². The Morgan fingerprint density at radius 1 is 1.39 bits per heavy atom. The monoisotopic (exact) mass is 272 g/mol. The van der Waals surface area contributed by atoms with Gasteiger partial charge in [-0.25, -0.2) is 14.6 Å². The zero-order valence-electron chi connectivity index (χ0n) is 10.0. The molecular weight excluding hydrogens is 256 g/mol. The topological polar surface area (TPSA) is 103 Å². The molecule has 0 aliphatic rings. The average Bonchev–Trinajstić information content (AvgIpc) is 2.81. The van der Waals surface area contributed by atoms with Gasteiger partial charge in [-0.2, -0.15) is 0 Å². The van der Waals surface area contributed by atoms with Crippen LogP contribution in [-0.2, 0) is 6.54 Å². The van der Waals surface area contributed by atoms with Crippen molar-refractivity contribution >= 4 is 23.3 Å². The number of urea groups is 1. The molecule has 0 fully saturated rings. The van der Waals surface area contributed by atoms with Gasteiger partial charge < -0.3 is 21.1 Å². The molecule has 100 valence electrons. The van der Waals surface area contributed by atoms with E-state index in [0.717, 1.165) is 13.0 Å². The molecule has 0 spiro atoms. The minimum absolute atomic E-state index is 0.00577. The largest absolute Gasteiger partial charge is 0.476 e. The first kappa shape index (κ1) is 14.4. The fourth-order valence-corrected chi connectivity index (χ4v) is 1.88. The zero-order valence-corrected chi connectivity index (χ0v) is 10.8. The molecule has 8 heteroatoms. The van der Waals surface area contributed by atoms with Crippen molar-refractivity contribution in [3.8, 4) is 0 Å². The van der Waals surface area contributed by atoms with E-state index in [4.69, 9.17) is 5.11 Å². The molecule has 0 radical (unpaired) electrons. The van der Waals surface area contributed by atoms with Gasteiger partial charge in [0, 0.05) is 11.9 Å². The van der Waals surface area contributed by atoms with Crippen LogP contribution in [0.5, 0.6) is 0 Å². The van der Waals surface area contributed by atoms with Crippen molar-refractivity contribution in [2.45, 2.75) is 13.0 Å². The minimum atomic E-state index is -1.06. The maximum absolute atomic E-state index is 11.3. The molecule has 1 aromatic rings. The van der Waals surface area contributed by atoms with Gasteiger partial charge in [0.1, 0.15) is 5.01 Å². The van der Waals surface area contributed by atoms with Crippen LogP contribution in [0.3, 0.4) is 0 Å². The standard InChI is InChI=1S/C10H16N4O3S/c1-11-3-2-4-12-10(17)13-5-8-14-7(6-18-8)9(15)16/h6,11H,2-5H2,1H3,(H,15,16)(H2,12,13,17). The molecule has 0 bridgehead atoms. The highest BCUT2D eigenvalue weighted by molar-refractivity contribution is 7.09. The van der Waals surface area contributed by atoms with Gasteiger partial charge in [-0.05, 0) is 20.0 Å². The number of rotatable bonds is 7. The Morgan fingerprint density at radius 3 is 2.78 bits per heavy atom. The Kier molecular flexibility index (Phi) is 6.09. The smallest absolute Gasteiger partial charge is 0.355 e. The Labute approximate surface area is 109 Å². The Morgan fingerprint density at radius 2 is 2.17 bits per heavy atom. The van der Waals surface area contributed by atoms with Gasteiger partial charge in [-0.3, -0.25) is 0 Å². The Bertz CT molecular complexity index is 408. The highest BCUT2D eigenvalue weighted by atomic mass is 32.1. The number of aromatic nitrogens is 1. The van der Waals surface area contributed by atoms with Crippen molar-refractivity contribution in [2.75, 3.05) is 20.1 Å². The second kappa shape index (κ2) is 7.62. The van der Waals surface area contributed by atoms with E-state index >= 15 is 0 Å². The molecule has 0 aromatic carbocycles. The predicted molar refractivity (Wildman–Crippen MR) is 67.9 cm³/mol. The third-order valence-corrected chi connectivity index (χ3v) is 2.91. The Hall–Kier alpha value is -1.67. The lowest BCUT2D eigenvalue weighted by molar-refractivity contribution is 0.0691. The highest BCUT2D eigenvalue weighted by Gasteiger charge is 2.09. The summed E-state index contributed by atoms with van der Waals surface area (Å²) < 4.78 is 0. The van der Waals surface area contributed by atoms with Gasteiger partial charge in [0.2, 0.25) is 0 Å². The van der Waals surface area contributed by atoms with Gasteiger partial charge in [0.15, 0.2) is 5.69 Å². The second-order valence-corrected chi connectivity index (χ2v) is 4.44. The molecule has 0 aliphatic carbocycles. The van der Waals surface area contributed by atoms with Crippen LogP contribution in [0.4, 0.5) is 4.79 Å². The first-order chi connectivity index (χ1) is 8.63. The fourth-order valence-electron chi connectivity index (χ4n) is 1.18. The van der Waals surface area contributed by atoms with Crippen molar-refractivity contribution in [1.29, 1.82) is 0 Å². The predicted octanol–water partition coefficient (Wildman–Crippen LogP) is 0.250. The summed E-state index contributed by atoms with van der Waals surface area (Å²) in [4.78, 5) is 25.8. The highest BCUT2D eigenvalue weighted by Crippen LogP contribution is 2.08. The first-order valence-corrected chi connectivity index (χ1v) is 6.35. The van der Waals surface area contributed by atoms with E-state index < -0.39 is 5.97 Å². The fraction of sp³-hybridized carbons (Fsp3) is 0.500. The molecule has 1 aromatic heterocycles. The minimum Gasteiger partial charge on any atom is -0.476 e. The van der Waals surface area contributed by atoms with Gasteiger partial charge in [-0.1, -0.05) is 0 Å². The van der Waals surface area contributed by atoms with Gasteiger partial charge in [0.05, 0.1) is 6.54 Å². The van der Waals surface area contributed by atoms with E-state index in [9.17, 15) is 9.59 Å². The molecule has 0 atom stereocenters. The molecule has 4 N–H and O–H groups in total. The number of hydrogen-bond donors (Lipinski definition) is 4. The van der Waals surface area contributed by atoms with Crippen LogP contribution in [-0.4, -0.2) is 42.2 Å². The Balaban J connectivity index is 2.23. The lowest BCUT2D eigenvalue weighted by Crippen LogP contribution is -2.36. The molecule has 0 saturated carbocycles. The summed E-state index contributed by atoms with van der Waals surface area (Å²) in [5.74, 6) is -1.06. The SMILES string of the molecule is CNCCCNC(=O)NCc1nc(C(=O)O)cs1. The number of aromatic carboxylic acids is 1. The average molecular weight is 272 g/mol. The molecule has 0 unspecified atom stereocenters. The summed E-state index contributed by atoms with van der Waals surface area (Å²) in [7, 11) is 1.85. The number of carboxylic acids is 1. The maximum Gasteiger partial charge on any atom is 0.355 e. The van der Waals surface area contributed by atoms with Crippen molar-refractivity contribution in [3.05, 3.63) is 16.1 Å². The van der Waals surface area contributed by atoms with Crippen molar-refractivity contribution in [2.24, 2.45) is 0 Å². The number of hydrogen-bond acceptors (Lipinski definition) is 5. The number of nitrogens with one attached hydrogen (secondary N) is 3. The van der Waals surface area contributed by atoms with Crippen LogP contribution in [0.2, 0.25) is 0 Å². The van der Waals surface area contributed by atoms with Crippen LogP contribution < -0.4 is 16.0 Å². The molecule has 0 aliphatic heterocycles. The molecule has 18 heavy (non-hydrogen) atoms. The van der Waals surface area contributed by atoms with Crippen LogP contribution in [0.15, 0.2) is 5.38 Å². The summed E-state index contributed by atoms with van der Waals surface area (Å²) >= 11 is 1.21. The van der Waals surface area contributed by atoms with Gasteiger partial charge in [-0.15, -0.1) is 11.3 Å². The molecule has 1 rings (SSSR count). The third-order valence-electron chi connectivity index (χ3n) is 2.06. The third kappa shape index (κ3) is 5.11. The zero-order chi connectivity index (χ0) is 13.4. The number of carbonyl (C=O) groups excluding carboxylic acids is 1. The molecule has 0 saturated heterocycles. The van der Waals surface area contributed by atoms with Crippen LogP contribution in [0, 0.1) is 0 Å². The molecule has 7 nitrogen and oxygen atoms in total. The summed E-state index contributed by atoms with van der Waals surface area (Å²) in [5.41, 5.74) is 0.00577. The lowest BCUT2D eigenvalue weighted by Gasteiger charge is -2.05. The van der Waals surface area contributed by atoms with Crippen LogP contribution in [0.1, 0.15) is 21.9 Å². The number of thiazole rings is 1. The molecule has 2 amide bonds. The first-order valence-electron chi connectivity index (χ1n) is 5.47. The van der Waals surface area contributed by atoms with Crippen molar-refractivity contribution in [1.82, 2.24) is 20.9 Å². The lowest BCUT2D eigenvalue weighted by atomic mass is 10.4. The van der Waals surface area contributed by atoms with E-state index in [1.165, 1.54) is 16.7 Å². The molecule has 1 heterocycles. The van der Waals surface area contributed by atoms with Crippen LogP contribution in [0.25, 0.3) is 0 Å². The summed E-state index contributed by atoms with van der Waals surface area (Å²) in [6.07, 6.45) is 0.852. The van der Waals surface area contributed by atoms with E-state index in [0.29, 0.717) is 11.6 Å².